The Labute approximate surface area is 164 Å². The van der Waals surface area contributed by atoms with Gasteiger partial charge in [-0.1, -0.05) is 35.9 Å². The van der Waals surface area contributed by atoms with E-state index in [2.05, 4.69) is 17.4 Å². The van der Waals surface area contributed by atoms with Crippen LogP contribution in [0.1, 0.15) is 46.8 Å². The summed E-state index contributed by atoms with van der Waals surface area (Å²) in [5.41, 5.74) is 3.17. The van der Waals surface area contributed by atoms with Gasteiger partial charge in [0.1, 0.15) is 0 Å². The molecule has 2 atom stereocenters. The van der Waals surface area contributed by atoms with E-state index in [-0.39, 0.29) is 23.8 Å². The molecule has 140 valence electrons. The fourth-order valence-electron chi connectivity index (χ4n) is 4.15. The molecule has 0 radical (unpaired) electrons. The maximum atomic E-state index is 12.8. The first-order chi connectivity index (χ1) is 13.1. The van der Waals surface area contributed by atoms with Crippen molar-refractivity contribution in [2.24, 2.45) is 5.92 Å². The molecule has 2 aliphatic rings. The summed E-state index contributed by atoms with van der Waals surface area (Å²) in [5, 5.41) is 3.83. The molecule has 0 spiro atoms. The van der Waals surface area contributed by atoms with Gasteiger partial charge in [0, 0.05) is 23.7 Å². The largest absolute Gasteiger partial charge is 0.349 e. The molecule has 1 saturated heterocycles. The first kappa shape index (κ1) is 18.1. The monoisotopic (exact) mass is 382 g/mol. The molecule has 4 rings (SSSR count). The number of carbonyl (C=O) groups excluding carboxylic acids is 2. The topological polar surface area (TPSA) is 49.4 Å². The van der Waals surface area contributed by atoms with Crippen molar-refractivity contribution < 1.29 is 9.59 Å². The van der Waals surface area contributed by atoms with Crippen molar-refractivity contribution in [2.45, 2.75) is 31.7 Å². The summed E-state index contributed by atoms with van der Waals surface area (Å²) >= 11 is 5.91. The highest BCUT2D eigenvalue weighted by atomic mass is 35.5. The van der Waals surface area contributed by atoms with Crippen LogP contribution in [0.15, 0.2) is 48.5 Å². The maximum absolute atomic E-state index is 12.8. The van der Waals surface area contributed by atoms with Crippen LogP contribution in [0.25, 0.3) is 0 Å². The molecule has 0 aromatic heterocycles. The van der Waals surface area contributed by atoms with E-state index < -0.39 is 0 Å². The van der Waals surface area contributed by atoms with Gasteiger partial charge in [0.15, 0.2) is 0 Å². The van der Waals surface area contributed by atoms with E-state index in [1.54, 1.807) is 29.2 Å². The van der Waals surface area contributed by atoms with Crippen molar-refractivity contribution in [1.29, 1.82) is 0 Å². The number of benzene rings is 2. The zero-order valence-electron chi connectivity index (χ0n) is 15.2. The molecular formula is C22H23ClN2O2. The number of piperidine rings is 1. The molecule has 0 bridgehead atoms. The van der Waals surface area contributed by atoms with Crippen LogP contribution in [0.3, 0.4) is 0 Å². The number of halogens is 1. The van der Waals surface area contributed by atoms with Gasteiger partial charge in [0.05, 0.1) is 12.0 Å². The van der Waals surface area contributed by atoms with Gasteiger partial charge in [-0.25, -0.2) is 0 Å². The van der Waals surface area contributed by atoms with Gasteiger partial charge in [-0.3, -0.25) is 9.59 Å². The highest BCUT2D eigenvalue weighted by Gasteiger charge is 2.31. The van der Waals surface area contributed by atoms with Crippen molar-refractivity contribution in [2.75, 3.05) is 13.1 Å². The third-order valence-electron chi connectivity index (χ3n) is 5.62. The van der Waals surface area contributed by atoms with Crippen LogP contribution in [0.4, 0.5) is 0 Å². The summed E-state index contributed by atoms with van der Waals surface area (Å²) in [6, 6.07) is 15.3. The summed E-state index contributed by atoms with van der Waals surface area (Å²) in [4.78, 5) is 27.4. The maximum Gasteiger partial charge on any atom is 0.253 e. The van der Waals surface area contributed by atoms with Crippen LogP contribution in [0.2, 0.25) is 5.02 Å². The molecule has 1 N–H and O–H groups in total. The van der Waals surface area contributed by atoms with Crippen LogP contribution < -0.4 is 5.32 Å². The van der Waals surface area contributed by atoms with Crippen LogP contribution in [0, 0.1) is 5.92 Å². The minimum atomic E-state index is -0.150. The quantitative estimate of drug-likeness (QED) is 0.872. The van der Waals surface area contributed by atoms with Gasteiger partial charge in [0.25, 0.3) is 5.91 Å². The summed E-state index contributed by atoms with van der Waals surface area (Å²) < 4.78 is 0. The Bertz CT molecular complexity index is 850. The highest BCUT2D eigenvalue weighted by molar-refractivity contribution is 6.30. The number of hydrogen-bond donors (Lipinski definition) is 1. The summed E-state index contributed by atoms with van der Waals surface area (Å²) in [6.45, 7) is 1.17. The number of likely N-dealkylation sites (tertiary alicyclic amines) is 1. The van der Waals surface area contributed by atoms with Gasteiger partial charge in [-0.2, -0.15) is 0 Å². The molecule has 1 aliphatic heterocycles. The van der Waals surface area contributed by atoms with Crippen LogP contribution in [-0.2, 0) is 11.2 Å². The van der Waals surface area contributed by atoms with Gasteiger partial charge < -0.3 is 10.2 Å². The number of hydrogen-bond acceptors (Lipinski definition) is 2. The third-order valence-corrected chi connectivity index (χ3v) is 5.87. The van der Waals surface area contributed by atoms with E-state index in [0.717, 1.165) is 25.7 Å². The van der Waals surface area contributed by atoms with Crippen molar-refractivity contribution in [3.05, 3.63) is 70.2 Å². The zero-order chi connectivity index (χ0) is 18.8. The first-order valence-electron chi connectivity index (χ1n) is 9.55. The molecule has 4 nitrogen and oxygen atoms in total. The summed E-state index contributed by atoms with van der Waals surface area (Å²) in [5.74, 6) is -0.122. The number of fused-ring (bicyclic) bond motifs is 1. The van der Waals surface area contributed by atoms with Gasteiger partial charge in [-0.05, 0) is 61.1 Å². The second-order valence-corrected chi connectivity index (χ2v) is 7.83. The second-order valence-electron chi connectivity index (χ2n) is 7.40. The number of nitrogens with one attached hydrogen (secondary N) is 1. The van der Waals surface area contributed by atoms with Crippen LogP contribution in [0.5, 0.6) is 0 Å². The number of nitrogens with zero attached hydrogens (tertiary/aromatic N) is 1. The SMILES string of the molecule is O=C(N[C@H]1CCc2ccccc21)[C@H]1CCCN(C(=O)c2ccc(Cl)cc2)C1. The number of rotatable bonds is 3. The lowest BCUT2D eigenvalue weighted by Gasteiger charge is -2.32. The molecule has 1 heterocycles. The molecule has 1 aliphatic carbocycles. The molecule has 2 amide bonds. The molecule has 2 aromatic rings. The van der Waals surface area contributed by atoms with Crippen molar-refractivity contribution in [3.8, 4) is 0 Å². The first-order valence-corrected chi connectivity index (χ1v) is 9.92. The molecule has 27 heavy (non-hydrogen) atoms. The zero-order valence-corrected chi connectivity index (χ0v) is 15.9. The van der Waals surface area contributed by atoms with E-state index in [9.17, 15) is 9.59 Å². The Morgan fingerprint density at radius 1 is 1.04 bits per heavy atom. The number of aryl methyl sites for hydroxylation is 1. The standard InChI is InChI=1S/C22H23ClN2O2/c23-18-10-7-16(8-11-18)22(27)25-13-3-5-17(14-25)21(26)24-20-12-9-15-4-1-2-6-19(15)20/h1-2,4,6-8,10-11,17,20H,3,5,9,12-14H2,(H,24,26)/t17-,20-/m0/s1. The predicted octanol–water partition coefficient (Wildman–Crippen LogP) is 4.00. The number of amides is 2. The number of carbonyl (C=O) groups is 2. The minimum Gasteiger partial charge on any atom is -0.349 e. The fraction of sp³-hybridized carbons (Fsp3) is 0.364. The van der Waals surface area contributed by atoms with E-state index in [4.69, 9.17) is 11.6 Å². The Kier molecular flexibility index (Phi) is 5.17. The highest BCUT2D eigenvalue weighted by Crippen LogP contribution is 2.31. The second kappa shape index (κ2) is 7.73. The molecule has 1 fully saturated rings. The van der Waals surface area contributed by atoms with Gasteiger partial charge in [0.2, 0.25) is 5.91 Å². The Balaban J connectivity index is 1.40. The van der Waals surface area contributed by atoms with E-state index in [1.807, 2.05) is 12.1 Å². The van der Waals surface area contributed by atoms with E-state index in [0.29, 0.717) is 23.7 Å². The summed E-state index contributed by atoms with van der Waals surface area (Å²) in [6.07, 6.45) is 3.63. The minimum absolute atomic E-state index is 0.0321. The molecule has 5 heteroatoms. The van der Waals surface area contributed by atoms with E-state index in [1.165, 1.54) is 11.1 Å². The molecule has 0 saturated carbocycles. The van der Waals surface area contributed by atoms with Crippen molar-refractivity contribution in [3.63, 3.8) is 0 Å². The summed E-state index contributed by atoms with van der Waals surface area (Å²) in [7, 11) is 0. The Morgan fingerprint density at radius 2 is 1.81 bits per heavy atom. The molecule has 0 unspecified atom stereocenters. The van der Waals surface area contributed by atoms with E-state index >= 15 is 0 Å². The average molecular weight is 383 g/mol. The lowest BCUT2D eigenvalue weighted by Crippen LogP contribution is -2.46. The third kappa shape index (κ3) is 3.86. The lowest BCUT2D eigenvalue weighted by molar-refractivity contribution is -0.127. The predicted molar refractivity (Wildman–Crippen MR) is 106 cm³/mol. The molecular weight excluding hydrogens is 360 g/mol. The van der Waals surface area contributed by atoms with Gasteiger partial charge in [-0.15, -0.1) is 0 Å². The Morgan fingerprint density at radius 3 is 2.63 bits per heavy atom. The lowest BCUT2D eigenvalue weighted by atomic mass is 9.95. The molecule has 2 aromatic carbocycles. The Hall–Kier alpha value is -2.33. The van der Waals surface area contributed by atoms with Crippen LogP contribution >= 0.6 is 11.6 Å². The smallest absolute Gasteiger partial charge is 0.253 e. The van der Waals surface area contributed by atoms with Crippen molar-refractivity contribution >= 4 is 23.4 Å². The average Bonchev–Trinajstić information content (AvgIpc) is 3.11. The van der Waals surface area contributed by atoms with Crippen molar-refractivity contribution in [1.82, 2.24) is 10.2 Å². The van der Waals surface area contributed by atoms with Gasteiger partial charge >= 0.3 is 0 Å². The normalized spacial score (nSPS) is 21.6. The van der Waals surface area contributed by atoms with Crippen LogP contribution in [-0.4, -0.2) is 29.8 Å². The fourth-order valence-corrected chi connectivity index (χ4v) is 4.27.